The molecule has 1 amide bonds. The molecule has 0 saturated carbocycles. The van der Waals surface area contributed by atoms with Crippen LogP contribution >= 0.6 is 11.6 Å². The van der Waals surface area contributed by atoms with Crippen molar-refractivity contribution in [1.29, 1.82) is 0 Å². The first kappa shape index (κ1) is 18.0. The van der Waals surface area contributed by atoms with Crippen LogP contribution < -0.4 is 10.1 Å². The largest absolute Gasteiger partial charge is 0.488 e. The average Bonchev–Trinajstić information content (AvgIpc) is 3.07. The summed E-state index contributed by atoms with van der Waals surface area (Å²) in [5.74, 6) is 0.139. The van der Waals surface area contributed by atoms with Crippen molar-refractivity contribution < 1.29 is 19.1 Å². The van der Waals surface area contributed by atoms with Gasteiger partial charge in [0.15, 0.2) is 6.61 Å². The molecule has 1 aromatic heterocycles. The van der Waals surface area contributed by atoms with Crippen molar-refractivity contribution in [2.45, 2.75) is 19.9 Å². The molecule has 0 aliphatic carbocycles. The van der Waals surface area contributed by atoms with Crippen LogP contribution in [0.2, 0.25) is 5.02 Å². The Morgan fingerprint density at radius 3 is 2.96 bits per heavy atom. The summed E-state index contributed by atoms with van der Waals surface area (Å²) in [6.07, 6.45) is 3.24. The number of hydrogen-bond donors (Lipinski definition) is 1. The van der Waals surface area contributed by atoms with Gasteiger partial charge in [-0.2, -0.15) is 5.10 Å². The van der Waals surface area contributed by atoms with Crippen molar-refractivity contribution in [3.05, 3.63) is 46.6 Å². The van der Waals surface area contributed by atoms with Crippen molar-refractivity contribution in [2.24, 2.45) is 0 Å². The van der Waals surface area contributed by atoms with Gasteiger partial charge in [-0.05, 0) is 38.1 Å². The Bertz CT molecular complexity index is 873. The maximum Gasteiger partial charge on any atom is 0.338 e. The molecular formula is C18H18ClN3O4. The predicted octanol–water partition coefficient (Wildman–Crippen LogP) is 3.08. The minimum atomic E-state index is -0.608. The molecule has 26 heavy (non-hydrogen) atoms. The normalized spacial score (nSPS) is 12.8. The SMILES string of the molecule is CC(C)n1nccc1NC(=O)COC(=O)C1=Cc2cc(Cl)ccc2OC1. The fourth-order valence-electron chi connectivity index (χ4n) is 2.49. The highest BCUT2D eigenvalue weighted by molar-refractivity contribution is 6.30. The number of nitrogens with zero attached hydrogens (tertiary/aromatic N) is 2. The second kappa shape index (κ2) is 7.61. The molecule has 2 aromatic rings. The number of nitrogens with one attached hydrogen (secondary N) is 1. The van der Waals surface area contributed by atoms with Crippen LogP contribution in [0.3, 0.4) is 0 Å². The predicted molar refractivity (Wildman–Crippen MR) is 97.1 cm³/mol. The number of amides is 1. The third-order valence-corrected chi connectivity index (χ3v) is 3.94. The molecule has 0 atom stereocenters. The van der Waals surface area contributed by atoms with E-state index in [9.17, 15) is 9.59 Å². The maximum absolute atomic E-state index is 12.2. The van der Waals surface area contributed by atoms with Gasteiger partial charge in [0.25, 0.3) is 5.91 Å². The number of fused-ring (bicyclic) bond motifs is 1. The lowest BCUT2D eigenvalue weighted by Gasteiger charge is -2.17. The summed E-state index contributed by atoms with van der Waals surface area (Å²) in [5, 5.41) is 7.33. The second-order valence-corrected chi connectivity index (χ2v) is 6.46. The van der Waals surface area contributed by atoms with Crippen LogP contribution in [0.5, 0.6) is 5.75 Å². The number of halogens is 1. The third kappa shape index (κ3) is 4.05. The van der Waals surface area contributed by atoms with E-state index in [0.717, 1.165) is 0 Å². The number of carbonyl (C=O) groups excluding carboxylic acids is 2. The van der Waals surface area contributed by atoms with E-state index >= 15 is 0 Å². The Morgan fingerprint density at radius 2 is 2.19 bits per heavy atom. The van der Waals surface area contributed by atoms with Crippen LogP contribution in [0.25, 0.3) is 6.08 Å². The Hall–Kier alpha value is -2.80. The molecular weight excluding hydrogens is 358 g/mol. The first-order valence-electron chi connectivity index (χ1n) is 8.07. The number of rotatable bonds is 5. The van der Waals surface area contributed by atoms with Gasteiger partial charge in [-0.1, -0.05) is 11.6 Å². The van der Waals surface area contributed by atoms with Crippen molar-refractivity contribution in [3.8, 4) is 5.75 Å². The van der Waals surface area contributed by atoms with Crippen molar-refractivity contribution >= 4 is 35.4 Å². The summed E-state index contributed by atoms with van der Waals surface area (Å²) in [6.45, 7) is 3.57. The zero-order valence-corrected chi connectivity index (χ0v) is 15.1. The smallest absolute Gasteiger partial charge is 0.338 e. The third-order valence-electron chi connectivity index (χ3n) is 3.71. The van der Waals surface area contributed by atoms with Gasteiger partial charge >= 0.3 is 5.97 Å². The summed E-state index contributed by atoms with van der Waals surface area (Å²) in [6, 6.07) is 6.92. The van der Waals surface area contributed by atoms with Gasteiger partial charge < -0.3 is 14.8 Å². The Morgan fingerprint density at radius 1 is 1.38 bits per heavy atom. The molecule has 1 N–H and O–H groups in total. The molecule has 1 aromatic carbocycles. The number of hydrogen-bond acceptors (Lipinski definition) is 5. The summed E-state index contributed by atoms with van der Waals surface area (Å²) in [7, 11) is 0. The van der Waals surface area contributed by atoms with Crippen LogP contribution in [-0.2, 0) is 14.3 Å². The molecule has 1 aliphatic rings. The van der Waals surface area contributed by atoms with Crippen LogP contribution in [0.1, 0.15) is 25.5 Å². The second-order valence-electron chi connectivity index (χ2n) is 6.02. The quantitative estimate of drug-likeness (QED) is 0.812. The molecule has 0 radical (unpaired) electrons. The number of ether oxygens (including phenoxy) is 2. The van der Waals surface area contributed by atoms with Crippen molar-refractivity contribution in [2.75, 3.05) is 18.5 Å². The lowest BCUT2D eigenvalue weighted by atomic mass is 10.1. The zero-order chi connectivity index (χ0) is 18.7. The highest BCUT2D eigenvalue weighted by Gasteiger charge is 2.20. The number of anilines is 1. The van der Waals surface area contributed by atoms with Crippen LogP contribution in [0, 0.1) is 0 Å². The first-order valence-corrected chi connectivity index (χ1v) is 8.45. The van der Waals surface area contributed by atoms with Gasteiger partial charge in [0.2, 0.25) is 0 Å². The van der Waals surface area contributed by atoms with Gasteiger partial charge in [-0.25, -0.2) is 9.48 Å². The Balaban J connectivity index is 1.59. The fourth-order valence-corrected chi connectivity index (χ4v) is 2.67. The molecule has 8 heteroatoms. The van der Waals surface area contributed by atoms with Gasteiger partial charge in [0.1, 0.15) is 18.2 Å². The van der Waals surface area contributed by atoms with Gasteiger partial charge in [-0.15, -0.1) is 0 Å². The summed E-state index contributed by atoms with van der Waals surface area (Å²) in [4.78, 5) is 24.2. The van der Waals surface area contributed by atoms with E-state index in [-0.39, 0.29) is 12.6 Å². The Labute approximate surface area is 155 Å². The van der Waals surface area contributed by atoms with Gasteiger partial charge in [0.05, 0.1) is 11.8 Å². The summed E-state index contributed by atoms with van der Waals surface area (Å²) in [5.41, 5.74) is 1.01. The minimum absolute atomic E-state index is 0.0786. The summed E-state index contributed by atoms with van der Waals surface area (Å²) >= 11 is 5.95. The molecule has 7 nitrogen and oxygen atoms in total. The summed E-state index contributed by atoms with van der Waals surface area (Å²) < 4.78 is 12.2. The van der Waals surface area contributed by atoms with E-state index in [0.29, 0.717) is 27.7 Å². The van der Waals surface area contributed by atoms with Gasteiger partial charge in [-0.3, -0.25) is 4.79 Å². The topological polar surface area (TPSA) is 82.5 Å². The van der Waals surface area contributed by atoms with E-state index < -0.39 is 18.5 Å². The first-order chi connectivity index (χ1) is 12.4. The van der Waals surface area contributed by atoms with E-state index in [2.05, 4.69) is 10.4 Å². The van der Waals surface area contributed by atoms with Crippen LogP contribution in [0.15, 0.2) is 36.0 Å². The highest BCUT2D eigenvalue weighted by Crippen LogP contribution is 2.29. The molecule has 0 fully saturated rings. The van der Waals surface area contributed by atoms with Crippen molar-refractivity contribution in [1.82, 2.24) is 9.78 Å². The number of esters is 1. The maximum atomic E-state index is 12.2. The van der Waals surface area contributed by atoms with Gasteiger partial charge in [0, 0.05) is 22.7 Å². The fraction of sp³-hybridized carbons (Fsp3) is 0.278. The van der Waals surface area contributed by atoms with Crippen LogP contribution in [-0.4, -0.2) is 34.9 Å². The highest BCUT2D eigenvalue weighted by atomic mass is 35.5. The minimum Gasteiger partial charge on any atom is -0.488 e. The molecule has 136 valence electrons. The number of aromatic nitrogens is 2. The lowest BCUT2D eigenvalue weighted by molar-refractivity contribution is -0.143. The molecule has 0 bridgehead atoms. The molecule has 0 unspecified atom stereocenters. The molecule has 0 spiro atoms. The zero-order valence-electron chi connectivity index (χ0n) is 14.4. The number of carbonyl (C=O) groups is 2. The van der Waals surface area contributed by atoms with Crippen LogP contribution in [0.4, 0.5) is 5.82 Å². The molecule has 1 aliphatic heterocycles. The average molecular weight is 376 g/mol. The van der Waals surface area contributed by atoms with Crippen molar-refractivity contribution in [3.63, 3.8) is 0 Å². The van der Waals surface area contributed by atoms with E-state index in [4.69, 9.17) is 21.1 Å². The standard InChI is InChI=1S/C18H18ClN3O4/c1-11(2)22-16(5-6-20-22)21-17(23)10-26-18(24)13-7-12-8-14(19)3-4-15(12)25-9-13/h3-8,11H,9-10H2,1-2H3,(H,21,23). The molecule has 2 heterocycles. The molecule has 0 saturated heterocycles. The lowest BCUT2D eigenvalue weighted by Crippen LogP contribution is -2.25. The van der Waals surface area contributed by atoms with E-state index in [1.807, 2.05) is 13.8 Å². The number of benzene rings is 1. The molecule has 3 rings (SSSR count). The monoisotopic (exact) mass is 375 g/mol. The van der Waals surface area contributed by atoms with E-state index in [1.165, 1.54) is 0 Å². The Kier molecular flexibility index (Phi) is 5.27. The van der Waals surface area contributed by atoms with E-state index in [1.54, 1.807) is 41.2 Å².